The lowest BCUT2D eigenvalue weighted by Gasteiger charge is -2.15. The molecule has 1 heterocycles. The summed E-state index contributed by atoms with van der Waals surface area (Å²) < 4.78 is 18.7. The van der Waals surface area contributed by atoms with Gasteiger partial charge in [0.15, 0.2) is 5.76 Å². The van der Waals surface area contributed by atoms with E-state index in [4.69, 9.17) is 4.74 Å². The van der Waals surface area contributed by atoms with Crippen LogP contribution < -0.4 is 10.6 Å². The lowest BCUT2D eigenvalue weighted by molar-refractivity contribution is -0.115. The number of allylic oxidation sites excluding steroid dienone is 1. The molecular formula is C26H30FN3O2. The molecule has 2 aromatic carbocycles. The van der Waals surface area contributed by atoms with Crippen molar-refractivity contribution in [2.75, 3.05) is 17.7 Å². The summed E-state index contributed by atoms with van der Waals surface area (Å²) in [4.78, 5) is 17.2. The number of ether oxygens (including phenoxy) is 1. The molecule has 3 aromatic rings. The van der Waals surface area contributed by atoms with Crippen molar-refractivity contribution < 1.29 is 13.9 Å². The van der Waals surface area contributed by atoms with E-state index in [0.717, 1.165) is 16.8 Å². The molecule has 1 aromatic heterocycles. The number of methoxy groups -OCH3 is 1. The highest BCUT2D eigenvalue weighted by molar-refractivity contribution is 6.07. The number of amides is 1. The molecule has 0 unspecified atom stereocenters. The zero-order chi connectivity index (χ0) is 23.5. The van der Waals surface area contributed by atoms with Gasteiger partial charge in [-0.2, -0.15) is 0 Å². The van der Waals surface area contributed by atoms with Crippen LogP contribution in [0.15, 0.2) is 72.6 Å². The van der Waals surface area contributed by atoms with Crippen LogP contribution in [0.4, 0.5) is 21.6 Å². The topological polar surface area (TPSA) is 63.2 Å². The van der Waals surface area contributed by atoms with Crippen molar-refractivity contribution in [3.63, 3.8) is 0 Å². The predicted molar refractivity (Wildman–Crippen MR) is 129 cm³/mol. The molecule has 32 heavy (non-hydrogen) atoms. The third kappa shape index (κ3) is 6.41. The molecule has 168 valence electrons. The molecule has 0 aliphatic carbocycles. The second-order valence-electron chi connectivity index (χ2n) is 6.70. The number of nitrogens with one attached hydrogen (secondary N) is 2. The van der Waals surface area contributed by atoms with Gasteiger partial charge < -0.3 is 15.4 Å². The zero-order valence-corrected chi connectivity index (χ0v) is 19.2. The van der Waals surface area contributed by atoms with Crippen molar-refractivity contribution in [2.24, 2.45) is 0 Å². The monoisotopic (exact) mass is 435 g/mol. The summed E-state index contributed by atoms with van der Waals surface area (Å²) in [5.74, 6) is 0.214. The molecule has 6 heteroatoms. The maximum absolute atomic E-state index is 13.3. The molecular weight excluding hydrogens is 405 g/mol. The van der Waals surface area contributed by atoms with Gasteiger partial charge in [-0.1, -0.05) is 45.0 Å². The molecule has 0 aliphatic heterocycles. The van der Waals surface area contributed by atoms with Gasteiger partial charge in [0.25, 0.3) is 5.91 Å². The van der Waals surface area contributed by atoms with Crippen LogP contribution in [-0.2, 0) is 9.53 Å². The van der Waals surface area contributed by atoms with Crippen molar-refractivity contribution in [3.05, 3.63) is 89.6 Å². The summed E-state index contributed by atoms with van der Waals surface area (Å²) in [6.45, 7) is 7.90. The normalized spacial score (nSPS) is 10.9. The largest absolute Gasteiger partial charge is 0.491 e. The van der Waals surface area contributed by atoms with Gasteiger partial charge in [-0.25, -0.2) is 9.37 Å². The Morgan fingerprint density at radius 1 is 1.06 bits per heavy atom. The maximum Gasteiger partial charge on any atom is 0.291 e. The molecule has 3 rings (SSSR count). The zero-order valence-electron chi connectivity index (χ0n) is 19.2. The summed E-state index contributed by atoms with van der Waals surface area (Å²) in [5, 5.41) is 6.14. The Morgan fingerprint density at radius 3 is 2.38 bits per heavy atom. The van der Waals surface area contributed by atoms with Crippen LogP contribution >= 0.6 is 0 Å². The first-order chi connectivity index (χ1) is 15.5. The Morgan fingerprint density at radius 2 is 1.78 bits per heavy atom. The summed E-state index contributed by atoms with van der Waals surface area (Å²) in [6, 6.07) is 17.2. The number of aryl methyl sites for hydroxylation is 1. The highest BCUT2D eigenvalue weighted by atomic mass is 19.1. The molecule has 5 nitrogen and oxygen atoms in total. The molecule has 0 spiro atoms. The average Bonchev–Trinajstić information content (AvgIpc) is 2.82. The van der Waals surface area contributed by atoms with Crippen LogP contribution in [-0.4, -0.2) is 18.0 Å². The molecule has 1 amide bonds. The van der Waals surface area contributed by atoms with E-state index < -0.39 is 0 Å². The van der Waals surface area contributed by atoms with Crippen molar-refractivity contribution in [2.45, 2.75) is 34.1 Å². The number of halogens is 1. The van der Waals surface area contributed by atoms with Crippen LogP contribution in [0.3, 0.4) is 0 Å². The minimum Gasteiger partial charge on any atom is -0.491 e. The maximum atomic E-state index is 13.3. The fourth-order valence-electron chi connectivity index (χ4n) is 3.10. The highest BCUT2D eigenvalue weighted by Gasteiger charge is 2.17. The van der Waals surface area contributed by atoms with Gasteiger partial charge in [0.2, 0.25) is 0 Å². The first-order valence-electron chi connectivity index (χ1n) is 10.6. The highest BCUT2D eigenvalue weighted by Crippen LogP contribution is 2.26. The van der Waals surface area contributed by atoms with Crippen LogP contribution in [0.25, 0.3) is 5.57 Å². The van der Waals surface area contributed by atoms with E-state index in [1.54, 1.807) is 18.3 Å². The quantitative estimate of drug-likeness (QED) is 0.320. The first-order valence-corrected chi connectivity index (χ1v) is 10.6. The number of benzene rings is 2. The van der Waals surface area contributed by atoms with E-state index in [-0.39, 0.29) is 17.5 Å². The molecule has 0 atom stereocenters. The SMILES string of the molecule is CC.CC/C(=C(\OC)C(=O)Nc1ccc(C)c(Nc2ccccn2)c1)c1ccc(F)cc1. The van der Waals surface area contributed by atoms with E-state index >= 15 is 0 Å². The van der Waals surface area contributed by atoms with Gasteiger partial charge in [0.1, 0.15) is 11.6 Å². The minimum absolute atomic E-state index is 0.198. The molecule has 0 fully saturated rings. The number of nitrogens with zero attached hydrogens (tertiary/aromatic N) is 1. The number of carbonyl (C=O) groups is 1. The Balaban J connectivity index is 0.00000176. The van der Waals surface area contributed by atoms with E-state index in [1.807, 2.05) is 64.1 Å². The molecule has 0 radical (unpaired) electrons. The van der Waals surface area contributed by atoms with E-state index in [1.165, 1.54) is 19.2 Å². The molecule has 0 aliphatic rings. The number of anilines is 3. The van der Waals surface area contributed by atoms with Crippen LogP contribution in [0.5, 0.6) is 0 Å². The lowest BCUT2D eigenvalue weighted by Crippen LogP contribution is -2.17. The predicted octanol–water partition coefficient (Wildman–Crippen LogP) is 6.71. The fraction of sp³-hybridized carbons (Fsp3) is 0.231. The second-order valence-corrected chi connectivity index (χ2v) is 6.70. The summed E-state index contributed by atoms with van der Waals surface area (Å²) in [7, 11) is 1.46. The molecule has 0 saturated carbocycles. The summed E-state index contributed by atoms with van der Waals surface area (Å²) in [6.07, 6.45) is 2.27. The number of hydrogen-bond donors (Lipinski definition) is 2. The smallest absolute Gasteiger partial charge is 0.291 e. The number of hydrogen-bond acceptors (Lipinski definition) is 4. The van der Waals surface area contributed by atoms with Gasteiger partial charge in [-0.3, -0.25) is 4.79 Å². The third-order valence-electron chi connectivity index (χ3n) is 4.65. The van der Waals surface area contributed by atoms with E-state index in [9.17, 15) is 9.18 Å². The van der Waals surface area contributed by atoms with Gasteiger partial charge >= 0.3 is 0 Å². The van der Waals surface area contributed by atoms with Crippen molar-refractivity contribution >= 4 is 28.7 Å². The molecule has 0 saturated heterocycles. The van der Waals surface area contributed by atoms with Crippen LogP contribution in [0, 0.1) is 12.7 Å². The standard InChI is InChI=1S/C24H24FN3O2.C2H6/c1-4-20(17-9-11-18(25)12-10-17)23(30-3)24(29)27-19-13-8-16(2)21(15-19)28-22-7-5-6-14-26-22;1-2/h5-15H,4H2,1-3H3,(H,26,28)(H,27,29);1-2H3/b23-20+;. The van der Waals surface area contributed by atoms with Gasteiger partial charge in [-0.05, 0) is 60.9 Å². The van der Waals surface area contributed by atoms with E-state index in [2.05, 4.69) is 15.6 Å². The molecule has 2 N–H and O–H groups in total. The van der Waals surface area contributed by atoms with Crippen molar-refractivity contribution in [3.8, 4) is 0 Å². The van der Waals surface area contributed by atoms with Gasteiger partial charge in [0, 0.05) is 23.1 Å². The third-order valence-corrected chi connectivity index (χ3v) is 4.65. The number of rotatable bonds is 7. The summed E-state index contributed by atoms with van der Waals surface area (Å²) in [5.41, 5.74) is 3.92. The van der Waals surface area contributed by atoms with Crippen molar-refractivity contribution in [1.82, 2.24) is 4.98 Å². The molecule has 0 bridgehead atoms. The van der Waals surface area contributed by atoms with Crippen LogP contribution in [0.2, 0.25) is 0 Å². The Labute approximate surface area is 189 Å². The van der Waals surface area contributed by atoms with Gasteiger partial charge in [0.05, 0.1) is 7.11 Å². The minimum atomic E-state index is -0.369. The van der Waals surface area contributed by atoms with Gasteiger partial charge in [-0.15, -0.1) is 0 Å². The van der Waals surface area contributed by atoms with Crippen LogP contribution in [0.1, 0.15) is 38.3 Å². The fourth-order valence-corrected chi connectivity index (χ4v) is 3.10. The van der Waals surface area contributed by atoms with E-state index in [0.29, 0.717) is 23.5 Å². The summed E-state index contributed by atoms with van der Waals surface area (Å²) >= 11 is 0. The Kier molecular flexibility index (Phi) is 9.42. The average molecular weight is 436 g/mol. The number of pyridine rings is 1. The Bertz CT molecular complexity index is 1050. The lowest BCUT2D eigenvalue weighted by atomic mass is 10.0. The number of aromatic nitrogens is 1. The number of carbonyl (C=O) groups excluding carboxylic acids is 1. The Hall–Kier alpha value is -3.67. The first kappa shape index (κ1) is 24.6. The van der Waals surface area contributed by atoms with Crippen molar-refractivity contribution in [1.29, 1.82) is 0 Å². The second kappa shape index (κ2) is 12.2.